The summed E-state index contributed by atoms with van der Waals surface area (Å²) in [6, 6.07) is 8.31. The number of carbonyl (C=O) groups excluding carboxylic acids is 1. The summed E-state index contributed by atoms with van der Waals surface area (Å²) in [5.41, 5.74) is 2.99. The van der Waals surface area contributed by atoms with Crippen molar-refractivity contribution in [1.29, 1.82) is 5.26 Å². The molecule has 2 saturated heterocycles. The third kappa shape index (κ3) is 6.14. The van der Waals surface area contributed by atoms with Crippen molar-refractivity contribution in [3.63, 3.8) is 0 Å². The van der Waals surface area contributed by atoms with Crippen molar-refractivity contribution < 1.29 is 18.7 Å². The van der Waals surface area contributed by atoms with Gasteiger partial charge in [0, 0.05) is 42.8 Å². The van der Waals surface area contributed by atoms with Crippen molar-refractivity contribution in [3.8, 4) is 23.1 Å². The molecular weight excluding hydrogens is 551 g/mol. The number of pyridine rings is 1. The molecule has 1 amide bonds. The number of carbonyl (C=O) groups is 1. The minimum atomic E-state index is -0.430. The molecule has 0 aliphatic carbocycles. The van der Waals surface area contributed by atoms with Crippen LogP contribution in [0.15, 0.2) is 49.1 Å². The maximum absolute atomic E-state index is 13.7. The van der Waals surface area contributed by atoms with E-state index in [9.17, 15) is 14.4 Å². The van der Waals surface area contributed by atoms with Gasteiger partial charge in [-0.2, -0.15) is 10.4 Å². The molecule has 0 saturated carbocycles. The summed E-state index contributed by atoms with van der Waals surface area (Å²) in [4.78, 5) is 24.5. The highest BCUT2D eigenvalue weighted by atomic mass is 19.1. The first kappa shape index (κ1) is 28.5. The Kier molecular flexibility index (Phi) is 7.92. The Labute approximate surface area is 248 Å². The van der Waals surface area contributed by atoms with E-state index in [1.54, 1.807) is 36.1 Å². The number of fused-ring (bicyclic) bond motifs is 1. The summed E-state index contributed by atoms with van der Waals surface area (Å²) in [5.74, 6) is 0.606. The van der Waals surface area contributed by atoms with Crippen molar-refractivity contribution in [3.05, 3.63) is 71.6 Å². The Morgan fingerprint density at radius 1 is 1.26 bits per heavy atom. The molecule has 0 spiro atoms. The Morgan fingerprint density at radius 2 is 2.09 bits per heavy atom. The molecule has 43 heavy (non-hydrogen) atoms. The van der Waals surface area contributed by atoms with E-state index < -0.39 is 11.4 Å². The monoisotopic (exact) mass is 584 g/mol. The Morgan fingerprint density at radius 3 is 2.81 bits per heavy atom. The zero-order valence-electron chi connectivity index (χ0n) is 24.1. The molecule has 6 rings (SSSR count). The number of morpholine rings is 1. The van der Waals surface area contributed by atoms with Crippen LogP contribution in [0.3, 0.4) is 0 Å². The lowest BCUT2D eigenvalue weighted by molar-refractivity contribution is 0.000107. The third-order valence-electron chi connectivity index (χ3n) is 8.11. The standard InChI is InChI=1S/C31H33FN8O3/c1-20-3-4-22(32)11-25(20)30(41)38-31(2)5-8-39(9-6-31)28-17-35-27(16-36-28)26-12-23(43-19-24-15-34-7-10-42-24)18-40-29(26)21(13-33)14-37-40/h3-4,11-12,14,16-18,24,34H,5-10,15,19H2,1-2H3,(H,38,41). The number of benzene rings is 1. The van der Waals surface area contributed by atoms with Crippen LogP contribution in [0.5, 0.6) is 5.75 Å². The van der Waals surface area contributed by atoms with E-state index in [1.165, 1.54) is 18.3 Å². The summed E-state index contributed by atoms with van der Waals surface area (Å²) >= 11 is 0. The summed E-state index contributed by atoms with van der Waals surface area (Å²) < 4.78 is 27.2. The fraction of sp³-hybridized carbons (Fsp3) is 0.387. The lowest BCUT2D eigenvalue weighted by atomic mass is 9.89. The van der Waals surface area contributed by atoms with E-state index in [4.69, 9.17) is 19.4 Å². The number of ether oxygens (including phenoxy) is 2. The van der Waals surface area contributed by atoms with Crippen LogP contribution in [0.25, 0.3) is 16.8 Å². The normalized spacial score (nSPS) is 18.3. The van der Waals surface area contributed by atoms with Gasteiger partial charge >= 0.3 is 0 Å². The number of hydrogen-bond acceptors (Lipinski definition) is 9. The minimum Gasteiger partial charge on any atom is -0.489 e. The molecule has 2 fully saturated rings. The molecule has 0 radical (unpaired) electrons. The third-order valence-corrected chi connectivity index (χ3v) is 8.11. The van der Waals surface area contributed by atoms with Crippen molar-refractivity contribution in [1.82, 2.24) is 30.2 Å². The average molecular weight is 585 g/mol. The summed E-state index contributed by atoms with van der Waals surface area (Å²) in [5, 5.41) is 20.5. The van der Waals surface area contributed by atoms with Crippen LogP contribution in [0, 0.1) is 24.1 Å². The predicted octanol–water partition coefficient (Wildman–Crippen LogP) is 3.27. The van der Waals surface area contributed by atoms with Gasteiger partial charge in [-0.3, -0.25) is 9.78 Å². The SMILES string of the molecule is Cc1ccc(F)cc1C(=O)NC1(C)CCN(c2cnc(-c3cc(OCC4CNCCO4)cn4ncc(C#N)c34)cn2)CC1. The first-order chi connectivity index (χ1) is 20.8. The van der Waals surface area contributed by atoms with Crippen LogP contribution in [-0.4, -0.2) is 76.5 Å². The molecule has 2 aliphatic heterocycles. The van der Waals surface area contributed by atoms with Crippen LogP contribution in [0.2, 0.25) is 0 Å². The van der Waals surface area contributed by atoms with E-state index in [1.807, 2.05) is 13.0 Å². The molecule has 2 aliphatic rings. The van der Waals surface area contributed by atoms with E-state index in [0.29, 0.717) is 72.8 Å². The van der Waals surface area contributed by atoms with Gasteiger partial charge in [0.2, 0.25) is 0 Å². The second-order valence-corrected chi connectivity index (χ2v) is 11.3. The Balaban J connectivity index is 1.16. The van der Waals surface area contributed by atoms with Crippen LogP contribution in [0.4, 0.5) is 10.2 Å². The van der Waals surface area contributed by atoms with Gasteiger partial charge in [0.05, 0.1) is 48.2 Å². The summed E-state index contributed by atoms with van der Waals surface area (Å²) in [7, 11) is 0. The van der Waals surface area contributed by atoms with Gasteiger partial charge in [0.25, 0.3) is 5.91 Å². The second kappa shape index (κ2) is 11.9. The maximum atomic E-state index is 13.7. The lowest BCUT2D eigenvalue weighted by Gasteiger charge is -2.40. The second-order valence-electron chi connectivity index (χ2n) is 11.3. The Hall–Kier alpha value is -4.60. The number of hydrogen-bond donors (Lipinski definition) is 2. The predicted molar refractivity (Wildman–Crippen MR) is 157 cm³/mol. The lowest BCUT2D eigenvalue weighted by Crippen LogP contribution is -2.53. The first-order valence-electron chi connectivity index (χ1n) is 14.3. The van der Waals surface area contributed by atoms with Crippen molar-refractivity contribution in [2.75, 3.05) is 44.3 Å². The number of piperidine rings is 1. The number of amides is 1. The molecule has 5 heterocycles. The molecule has 2 N–H and O–H groups in total. The van der Waals surface area contributed by atoms with Crippen molar-refractivity contribution in [2.24, 2.45) is 0 Å². The molecule has 1 unspecified atom stereocenters. The van der Waals surface area contributed by atoms with Gasteiger partial charge in [0.1, 0.15) is 36.2 Å². The van der Waals surface area contributed by atoms with E-state index in [2.05, 4.69) is 26.7 Å². The minimum absolute atomic E-state index is 0.0514. The van der Waals surface area contributed by atoms with Crippen molar-refractivity contribution in [2.45, 2.75) is 38.3 Å². The van der Waals surface area contributed by atoms with Gasteiger partial charge in [-0.25, -0.2) is 13.9 Å². The molecule has 12 heteroatoms. The highest BCUT2D eigenvalue weighted by Crippen LogP contribution is 2.31. The van der Waals surface area contributed by atoms with Crippen LogP contribution in [0.1, 0.15) is 41.3 Å². The molecule has 4 aromatic rings. The zero-order chi connectivity index (χ0) is 30.0. The maximum Gasteiger partial charge on any atom is 0.252 e. The Bertz CT molecular complexity index is 1670. The molecular formula is C31H33FN8O3. The molecule has 222 valence electrons. The van der Waals surface area contributed by atoms with Gasteiger partial charge in [-0.15, -0.1) is 0 Å². The van der Waals surface area contributed by atoms with E-state index >= 15 is 0 Å². The highest BCUT2D eigenvalue weighted by molar-refractivity contribution is 5.96. The fourth-order valence-electron chi connectivity index (χ4n) is 5.53. The van der Waals surface area contributed by atoms with Gasteiger partial charge < -0.3 is 25.0 Å². The van der Waals surface area contributed by atoms with E-state index in [-0.39, 0.29) is 12.0 Å². The average Bonchev–Trinajstić information content (AvgIpc) is 3.45. The van der Waals surface area contributed by atoms with Crippen LogP contribution >= 0.6 is 0 Å². The number of aryl methyl sites for hydroxylation is 1. The number of nitrogens with zero attached hydrogens (tertiary/aromatic N) is 6. The van der Waals surface area contributed by atoms with E-state index in [0.717, 1.165) is 24.5 Å². The quantitative estimate of drug-likeness (QED) is 0.336. The number of nitrogens with one attached hydrogen (secondary N) is 2. The molecule has 0 bridgehead atoms. The zero-order valence-corrected chi connectivity index (χ0v) is 24.1. The fourth-order valence-corrected chi connectivity index (χ4v) is 5.53. The summed E-state index contributed by atoms with van der Waals surface area (Å²) in [6.45, 7) is 7.72. The van der Waals surface area contributed by atoms with Gasteiger partial charge in [-0.05, 0) is 50.5 Å². The number of nitriles is 1. The van der Waals surface area contributed by atoms with Crippen LogP contribution in [-0.2, 0) is 4.74 Å². The van der Waals surface area contributed by atoms with Gasteiger partial charge in [-0.1, -0.05) is 6.07 Å². The van der Waals surface area contributed by atoms with Crippen LogP contribution < -0.4 is 20.3 Å². The summed E-state index contributed by atoms with van der Waals surface area (Å²) in [6.07, 6.45) is 8.02. The number of aromatic nitrogens is 4. The number of rotatable bonds is 7. The van der Waals surface area contributed by atoms with Gasteiger partial charge in [0.15, 0.2) is 0 Å². The topological polar surface area (TPSA) is 130 Å². The number of anilines is 1. The first-order valence-corrected chi connectivity index (χ1v) is 14.3. The largest absolute Gasteiger partial charge is 0.489 e. The molecule has 11 nitrogen and oxygen atoms in total. The van der Waals surface area contributed by atoms with Crippen molar-refractivity contribution >= 4 is 17.2 Å². The molecule has 1 atom stereocenters. The highest BCUT2D eigenvalue weighted by Gasteiger charge is 2.33. The smallest absolute Gasteiger partial charge is 0.252 e. The number of halogens is 1. The molecule has 3 aromatic heterocycles. The molecule has 1 aromatic carbocycles.